The molecular weight excluding hydrogens is 657 g/mol. The number of benzene rings is 8. The molecule has 0 saturated carbocycles. The maximum absolute atomic E-state index is 7.01. The minimum Gasteiger partial charge on any atom is -0.473 e. The van der Waals surface area contributed by atoms with Crippen LogP contribution in [0.15, 0.2) is 194 Å². The Hall–Kier alpha value is -6.64. The second-order valence-electron chi connectivity index (χ2n) is 14.4. The summed E-state index contributed by atoms with van der Waals surface area (Å²) in [5.41, 5.74) is 7.83. The summed E-state index contributed by atoms with van der Waals surface area (Å²) in [6.07, 6.45) is 10.8. The zero-order valence-corrected chi connectivity index (χ0v) is 29.9. The summed E-state index contributed by atoms with van der Waals surface area (Å²) in [4.78, 5) is 0. The first-order chi connectivity index (χ1) is 26.7. The summed E-state index contributed by atoms with van der Waals surface area (Å²) < 4.78 is 14.0. The Balaban J connectivity index is 0.909. The fraction of sp³-hybridized carbons (Fsp3) is 0.0769. The van der Waals surface area contributed by atoms with Gasteiger partial charge in [0.2, 0.25) is 0 Å². The Bertz CT molecular complexity index is 2500. The molecule has 2 nitrogen and oxygen atoms in total. The molecule has 2 unspecified atom stereocenters. The summed E-state index contributed by atoms with van der Waals surface area (Å²) in [6, 6.07) is 64.6. The summed E-state index contributed by atoms with van der Waals surface area (Å²) in [5, 5.41) is 4.83. The van der Waals surface area contributed by atoms with Crippen LogP contribution < -0.4 is 9.47 Å². The van der Waals surface area contributed by atoms with Crippen molar-refractivity contribution in [3.8, 4) is 11.5 Å². The molecule has 2 atom stereocenters. The zero-order chi connectivity index (χ0) is 36.0. The van der Waals surface area contributed by atoms with Crippen LogP contribution in [0.1, 0.15) is 44.5 Å². The van der Waals surface area contributed by atoms with Crippen LogP contribution in [-0.2, 0) is 24.0 Å². The Morgan fingerprint density at radius 2 is 0.704 bits per heavy atom. The normalized spacial score (nSPS) is 18.4. The first-order valence-electron chi connectivity index (χ1n) is 18.8. The van der Waals surface area contributed by atoms with Crippen molar-refractivity contribution >= 4 is 33.7 Å². The van der Waals surface area contributed by atoms with Crippen LogP contribution in [0.3, 0.4) is 0 Å². The average Bonchev–Trinajstić information content (AvgIpc) is 3.26. The lowest BCUT2D eigenvalue weighted by Gasteiger charge is -2.36. The van der Waals surface area contributed by atoms with Crippen LogP contribution in [-0.4, -0.2) is 0 Å². The van der Waals surface area contributed by atoms with Gasteiger partial charge in [0.25, 0.3) is 0 Å². The molecule has 0 fully saturated rings. The van der Waals surface area contributed by atoms with Crippen molar-refractivity contribution in [1.82, 2.24) is 0 Å². The molecule has 0 aromatic heterocycles. The highest BCUT2D eigenvalue weighted by Crippen LogP contribution is 2.46. The monoisotopic (exact) mass is 694 g/mol. The van der Waals surface area contributed by atoms with Crippen LogP contribution in [0.5, 0.6) is 11.5 Å². The predicted octanol–water partition coefficient (Wildman–Crippen LogP) is 12.5. The predicted molar refractivity (Wildman–Crippen MR) is 222 cm³/mol. The molecule has 2 aliphatic heterocycles. The molecule has 258 valence electrons. The van der Waals surface area contributed by atoms with Crippen molar-refractivity contribution in [2.45, 2.75) is 24.0 Å². The minimum atomic E-state index is -0.719. The van der Waals surface area contributed by atoms with E-state index in [1.807, 2.05) is 0 Å². The quantitative estimate of drug-likeness (QED) is 0.165. The molecule has 2 heteroatoms. The van der Waals surface area contributed by atoms with Gasteiger partial charge in [0.15, 0.2) is 11.2 Å². The van der Waals surface area contributed by atoms with E-state index in [0.29, 0.717) is 0 Å². The van der Waals surface area contributed by atoms with Gasteiger partial charge in [-0.1, -0.05) is 170 Å². The lowest BCUT2D eigenvalue weighted by atomic mass is 9.82. The maximum Gasteiger partial charge on any atom is 0.178 e. The van der Waals surface area contributed by atoms with Gasteiger partial charge in [-0.05, 0) is 82.0 Å². The van der Waals surface area contributed by atoms with E-state index >= 15 is 0 Å². The van der Waals surface area contributed by atoms with Gasteiger partial charge in [-0.3, -0.25) is 0 Å². The van der Waals surface area contributed by atoms with Crippen LogP contribution in [0, 0.1) is 0 Å². The van der Waals surface area contributed by atoms with Crippen molar-refractivity contribution < 1.29 is 9.47 Å². The molecule has 54 heavy (non-hydrogen) atoms. The van der Waals surface area contributed by atoms with Crippen molar-refractivity contribution in [2.75, 3.05) is 0 Å². The molecule has 0 radical (unpaired) electrons. The third-order valence-corrected chi connectivity index (χ3v) is 11.2. The maximum atomic E-state index is 7.01. The molecule has 0 N–H and O–H groups in total. The highest BCUT2D eigenvalue weighted by molar-refractivity contribution is 5.95. The van der Waals surface area contributed by atoms with Crippen LogP contribution in [0.25, 0.3) is 33.7 Å². The van der Waals surface area contributed by atoms with Crippen molar-refractivity contribution in [1.29, 1.82) is 0 Å². The lowest BCUT2D eigenvalue weighted by molar-refractivity contribution is 0.161. The molecule has 0 spiro atoms. The highest BCUT2D eigenvalue weighted by atomic mass is 16.5. The van der Waals surface area contributed by atoms with Gasteiger partial charge in [0.1, 0.15) is 11.5 Å². The van der Waals surface area contributed by atoms with Crippen LogP contribution in [0.4, 0.5) is 0 Å². The first-order valence-corrected chi connectivity index (χ1v) is 18.8. The topological polar surface area (TPSA) is 18.5 Å². The second-order valence-corrected chi connectivity index (χ2v) is 14.4. The largest absolute Gasteiger partial charge is 0.473 e. The molecule has 0 amide bonds. The summed E-state index contributed by atoms with van der Waals surface area (Å²) in [7, 11) is 0. The molecule has 0 aliphatic carbocycles. The number of ether oxygens (including phenoxy) is 2. The van der Waals surface area contributed by atoms with E-state index in [-0.39, 0.29) is 0 Å². The minimum absolute atomic E-state index is 0.719. The molecule has 8 aromatic carbocycles. The number of hydrogen-bond acceptors (Lipinski definition) is 2. The molecule has 2 aliphatic rings. The Morgan fingerprint density at radius 3 is 1.13 bits per heavy atom. The molecule has 10 rings (SSSR count). The summed E-state index contributed by atoms with van der Waals surface area (Å²) >= 11 is 0. The van der Waals surface area contributed by atoms with Crippen molar-refractivity contribution in [3.05, 3.63) is 239 Å². The van der Waals surface area contributed by atoms with Gasteiger partial charge in [-0.25, -0.2) is 0 Å². The fourth-order valence-electron chi connectivity index (χ4n) is 8.34. The van der Waals surface area contributed by atoms with Gasteiger partial charge in [-0.15, -0.1) is 0 Å². The molecule has 0 saturated heterocycles. The lowest BCUT2D eigenvalue weighted by Crippen LogP contribution is -2.34. The van der Waals surface area contributed by atoms with Gasteiger partial charge >= 0.3 is 0 Å². The molecular formula is C52H38O2. The fourth-order valence-corrected chi connectivity index (χ4v) is 8.34. The van der Waals surface area contributed by atoms with Gasteiger partial charge in [0, 0.05) is 33.4 Å². The highest BCUT2D eigenvalue weighted by Gasteiger charge is 2.38. The van der Waals surface area contributed by atoms with Crippen molar-refractivity contribution in [3.63, 3.8) is 0 Å². The zero-order valence-electron chi connectivity index (χ0n) is 29.9. The van der Waals surface area contributed by atoms with E-state index in [1.165, 1.54) is 32.7 Å². The number of rotatable bonds is 7. The summed E-state index contributed by atoms with van der Waals surface area (Å²) in [6.45, 7) is 0. The van der Waals surface area contributed by atoms with E-state index in [1.54, 1.807) is 0 Å². The smallest absolute Gasteiger partial charge is 0.178 e. The SMILES string of the molecule is C1=CC(c2ccccc2)(c2ccc(CCc3ccc(C4(c5ccccc5)C=Cc5c(ccc6ccccc56)O4)cc3)cc2)Oc2ccc3ccccc3c21. The van der Waals surface area contributed by atoms with E-state index in [4.69, 9.17) is 9.47 Å². The van der Waals surface area contributed by atoms with Crippen LogP contribution >= 0.6 is 0 Å². The summed E-state index contributed by atoms with van der Waals surface area (Å²) in [5.74, 6) is 1.79. The van der Waals surface area contributed by atoms with E-state index in [2.05, 4.69) is 206 Å². The van der Waals surface area contributed by atoms with Crippen LogP contribution in [0.2, 0.25) is 0 Å². The van der Waals surface area contributed by atoms with E-state index in [0.717, 1.165) is 57.7 Å². The third-order valence-electron chi connectivity index (χ3n) is 11.2. The Morgan fingerprint density at radius 1 is 0.333 bits per heavy atom. The average molecular weight is 695 g/mol. The number of fused-ring (bicyclic) bond motifs is 6. The van der Waals surface area contributed by atoms with E-state index < -0.39 is 11.2 Å². The number of hydrogen-bond donors (Lipinski definition) is 0. The molecule has 0 bridgehead atoms. The standard InChI is InChI=1S/C52H38O2/c1-3-13-41(14-4-1)51(35-33-47-45-17-9-7-11-39(45)25-31-49(47)53-51)43-27-21-37(22-28-43)19-20-38-23-29-44(30-24-38)52(42-15-5-2-6-16-42)36-34-48-46-18-10-8-12-40(46)26-32-50(48)54-52/h1-18,21-36H,19-20H2. The van der Waals surface area contributed by atoms with E-state index in [9.17, 15) is 0 Å². The van der Waals surface area contributed by atoms with Gasteiger partial charge < -0.3 is 9.47 Å². The van der Waals surface area contributed by atoms with Crippen molar-refractivity contribution in [2.24, 2.45) is 0 Å². The van der Waals surface area contributed by atoms with Gasteiger partial charge in [-0.2, -0.15) is 0 Å². The third kappa shape index (κ3) is 5.42. The second kappa shape index (κ2) is 13.1. The molecule has 2 heterocycles. The van der Waals surface area contributed by atoms with Gasteiger partial charge in [0.05, 0.1) is 0 Å². The number of aryl methyl sites for hydroxylation is 2. The first kappa shape index (κ1) is 32.0. The Labute approximate surface area is 316 Å². The molecule has 8 aromatic rings. The Kier molecular flexibility index (Phi) is 7.77.